The molecule has 0 bridgehead atoms. The zero-order valence-corrected chi connectivity index (χ0v) is 37.9. The molecule has 4 aromatic heterocycles. The fourth-order valence-electron chi connectivity index (χ4n) is 8.80. The minimum Gasteiger partial charge on any atom is -0.495 e. The number of fused-ring (bicyclic) bond motifs is 2. The first-order valence-corrected chi connectivity index (χ1v) is 22.1. The third-order valence-corrected chi connectivity index (χ3v) is 12.0. The van der Waals surface area contributed by atoms with Gasteiger partial charge in [0.1, 0.15) is 34.8 Å². The molecule has 2 aliphatic heterocycles. The second kappa shape index (κ2) is 19.5. The van der Waals surface area contributed by atoms with Gasteiger partial charge in [-0.3, -0.25) is 0 Å². The van der Waals surface area contributed by atoms with Crippen LogP contribution in [0.4, 0.5) is 8.78 Å². The van der Waals surface area contributed by atoms with E-state index in [0.29, 0.717) is 22.8 Å². The van der Waals surface area contributed by atoms with Crippen LogP contribution in [0.1, 0.15) is 106 Å². The number of benzene rings is 4. The van der Waals surface area contributed by atoms with Gasteiger partial charge in [0.25, 0.3) is 0 Å². The van der Waals surface area contributed by atoms with E-state index in [1.54, 1.807) is 39.0 Å². The summed E-state index contributed by atoms with van der Waals surface area (Å²) in [5.41, 5.74) is 7.86. The summed E-state index contributed by atoms with van der Waals surface area (Å²) in [5.74, 6) is 3.26. The molecule has 0 aliphatic carbocycles. The van der Waals surface area contributed by atoms with E-state index < -0.39 is 11.6 Å². The fourth-order valence-corrected chi connectivity index (χ4v) is 8.80. The molecule has 4 aromatic carbocycles. The highest BCUT2D eigenvalue weighted by molar-refractivity contribution is 5.70. The number of aryl methyl sites for hydroxylation is 4. The number of hydrogen-bond donors (Lipinski definition) is 0. The van der Waals surface area contributed by atoms with Crippen molar-refractivity contribution in [2.45, 2.75) is 64.5 Å². The summed E-state index contributed by atoms with van der Waals surface area (Å²) in [6, 6.07) is 24.9. The van der Waals surface area contributed by atoms with Gasteiger partial charge in [-0.05, 0) is 122 Å². The number of imidazole rings is 2. The van der Waals surface area contributed by atoms with Gasteiger partial charge in [-0.25, -0.2) is 38.1 Å². The smallest absolute Gasteiger partial charge is 0.174 e. The molecule has 0 amide bonds. The second-order valence-corrected chi connectivity index (χ2v) is 16.6. The lowest BCUT2D eigenvalue weighted by Crippen LogP contribution is -2.18. The Hall–Kier alpha value is -8.50. The van der Waals surface area contributed by atoms with Crippen LogP contribution in [0.25, 0.3) is 35.7 Å². The number of nitrogens with zero attached hydrogens (tertiary/aromatic N) is 12. The van der Waals surface area contributed by atoms with E-state index in [1.807, 2.05) is 105 Å². The summed E-state index contributed by atoms with van der Waals surface area (Å²) in [6.07, 6.45) is 18.6. The number of aromatic nitrogens is 10. The minimum absolute atomic E-state index is 0.0864. The van der Waals surface area contributed by atoms with Gasteiger partial charge < -0.3 is 18.6 Å². The molecule has 14 nitrogen and oxygen atoms in total. The zero-order valence-electron chi connectivity index (χ0n) is 37.9. The van der Waals surface area contributed by atoms with Crippen LogP contribution in [0.2, 0.25) is 0 Å². The molecule has 2 atom stereocenters. The highest BCUT2D eigenvalue weighted by Crippen LogP contribution is 2.36. The Kier molecular flexibility index (Phi) is 12.8. The molecular weight excluding hydrogens is 863 g/mol. The van der Waals surface area contributed by atoms with Gasteiger partial charge in [-0.1, -0.05) is 36.4 Å². The Labute approximate surface area is 391 Å². The van der Waals surface area contributed by atoms with Crippen LogP contribution >= 0.6 is 0 Å². The van der Waals surface area contributed by atoms with Crippen molar-refractivity contribution >= 4 is 24.3 Å². The van der Waals surface area contributed by atoms with Crippen molar-refractivity contribution in [2.24, 2.45) is 0 Å². The zero-order chi connectivity index (χ0) is 47.3. The van der Waals surface area contributed by atoms with Gasteiger partial charge in [-0.2, -0.15) is 20.7 Å². The van der Waals surface area contributed by atoms with Gasteiger partial charge in [0.05, 0.1) is 72.9 Å². The molecule has 68 heavy (non-hydrogen) atoms. The van der Waals surface area contributed by atoms with Crippen LogP contribution in [0.15, 0.2) is 97.8 Å². The van der Waals surface area contributed by atoms with E-state index in [1.165, 1.54) is 24.3 Å². The van der Waals surface area contributed by atoms with Crippen LogP contribution in [0.3, 0.4) is 0 Å². The average Bonchev–Trinajstić information content (AvgIpc) is 4.19. The monoisotopic (exact) mass is 908 g/mol. The third-order valence-electron chi connectivity index (χ3n) is 12.0. The van der Waals surface area contributed by atoms with Crippen LogP contribution in [0.5, 0.6) is 11.5 Å². The van der Waals surface area contributed by atoms with Crippen molar-refractivity contribution in [2.75, 3.05) is 14.2 Å². The number of nitriles is 2. The van der Waals surface area contributed by atoms with Crippen molar-refractivity contribution < 1.29 is 18.3 Å². The van der Waals surface area contributed by atoms with Crippen molar-refractivity contribution in [1.29, 1.82) is 10.5 Å². The molecule has 340 valence electrons. The van der Waals surface area contributed by atoms with Gasteiger partial charge in [0.2, 0.25) is 0 Å². The van der Waals surface area contributed by atoms with E-state index in [0.717, 1.165) is 107 Å². The van der Waals surface area contributed by atoms with Crippen LogP contribution in [-0.4, -0.2) is 62.9 Å². The summed E-state index contributed by atoms with van der Waals surface area (Å²) in [6.45, 7) is 5.42. The fraction of sp³-hybridized carbons (Fsp3) is 0.231. The van der Waals surface area contributed by atoms with E-state index >= 15 is 0 Å². The van der Waals surface area contributed by atoms with Gasteiger partial charge in [-0.15, -0.1) is 0 Å². The number of halogens is 2. The molecule has 10 rings (SSSR count). The molecule has 16 heteroatoms. The van der Waals surface area contributed by atoms with Crippen molar-refractivity contribution in [3.63, 3.8) is 0 Å². The standard InChI is InChI=1S/2C26H23FN6O/c2*1-17-15-32(16-29-17)23-9-5-18(12-24(23)34-2)6-10-25-30-26-22(4-3-11-33(26)31-25)21-8-7-20(27)13-19(21)14-28/h2*5-10,12-13,15-16,22H,3-4,11H2,1-2H3/b2*10-6+/t2*22-/m10/s1. The lowest BCUT2D eigenvalue weighted by atomic mass is 9.88. The van der Waals surface area contributed by atoms with E-state index in [2.05, 4.69) is 32.3 Å². The maximum Gasteiger partial charge on any atom is 0.174 e. The molecule has 0 unspecified atom stereocenters. The molecule has 0 saturated heterocycles. The predicted octanol–water partition coefficient (Wildman–Crippen LogP) is 9.78. The van der Waals surface area contributed by atoms with Crippen LogP contribution in [-0.2, 0) is 13.1 Å². The Morgan fingerprint density at radius 2 is 1.04 bits per heavy atom. The normalized spacial score (nSPS) is 15.3. The minimum atomic E-state index is -0.411. The van der Waals surface area contributed by atoms with E-state index in [9.17, 15) is 19.3 Å². The van der Waals surface area contributed by atoms with Gasteiger partial charge in [0, 0.05) is 37.3 Å². The molecule has 0 fully saturated rings. The Morgan fingerprint density at radius 3 is 1.43 bits per heavy atom. The Balaban J connectivity index is 0.000000170. The molecule has 0 spiro atoms. The van der Waals surface area contributed by atoms with Gasteiger partial charge in [0.15, 0.2) is 11.6 Å². The number of methoxy groups -OCH3 is 2. The topological polar surface area (TPSA) is 163 Å². The molecule has 0 radical (unpaired) electrons. The first-order chi connectivity index (χ1) is 33.1. The second-order valence-electron chi connectivity index (χ2n) is 16.6. The highest BCUT2D eigenvalue weighted by atomic mass is 19.1. The first kappa shape index (κ1) is 44.7. The first-order valence-electron chi connectivity index (χ1n) is 22.1. The number of rotatable bonds is 10. The molecule has 6 heterocycles. The van der Waals surface area contributed by atoms with Crippen molar-refractivity contribution in [3.8, 4) is 35.0 Å². The summed E-state index contributed by atoms with van der Waals surface area (Å²) >= 11 is 0. The molecule has 0 N–H and O–H groups in total. The predicted molar refractivity (Wildman–Crippen MR) is 252 cm³/mol. The van der Waals surface area contributed by atoms with E-state index in [-0.39, 0.29) is 11.8 Å². The molecular formula is C52H46F2N12O2. The lowest BCUT2D eigenvalue weighted by molar-refractivity contribution is 0.412. The Morgan fingerprint density at radius 1 is 0.603 bits per heavy atom. The quantitative estimate of drug-likeness (QED) is 0.129. The largest absolute Gasteiger partial charge is 0.495 e. The highest BCUT2D eigenvalue weighted by Gasteiger charge is 2.29. The maximum absolute atomic E-state index is 13.6. The molecule has 0 saturated carbocycles. The molecule has 8 aromatic rings. The number of hydrogen-bond acceptors (Lipinski definition) is 10. The van der Waals surface area contributed by atoms with E-state index in [4.69, 9.17) is 19.4 Å². The maximum atomic E-state index is 13.6. The SMILES string of the molecule is COc1cc(/C=C/c2nc3n(n2)CCC[C@@H]3c2ccc(F)cc2C#N)ccc1-n1cnc(C)c1.COc1cc(/C=C/c2nc3n(n2)CCC[C@H]3c2ccc(F)cc2C#N)ccc1-n1cnc(C)c1. The summed E-state index contributed by atoms with van der Waals surface area (Å²) < 4.78 is 46.1. The lowest BCUT2D eigenvalue weighted by Gasteiger charge is -2.23. The third kappa shape index (κ3) is 9.43. The average molecular weight is 909 g/mol. The van der Waals surface area contributed by atoms with Crippen molar-refractivity contribution in [1.82, 2.24) is 48.6 Å². The van der Waals surface area contributed by atoms with Crippen LogP contribution in [0, 0.1) is 48.1 Å². The van der Waals surface area contributed by atoms with Gasteiger partial charge >= 0.3 is 0 Å². The summed E-state index contributed by atoms with van der Waals surface area (Å²) in [4.78, 5) is 18.1. The Bertz CT molecular complexity index is 3070. The van der Waals surface area contributed by atoms with Crippen molar-refractivity contribution in [3.05, 3.63) is 178 Å². The number of ether oxygens (including phenoxy) is 2. The summed E-state index contributed by atoms with van der Waals surface area (Å²) in [5, 5.41) is 28.3. The van der Waals surface area contributed by atoms with Crippen LogP contribution < -0.4 is 9.47 Å². The summed E-state index contributed by atoms with van der Waals surface area (Å²) in [7, 11) is 3.29. The molecule has 2 aliphatic rings.